The standard InChI is InChI=1S/C27H28N2O4/c1-18(2)20-13-15-22(16-14-20)27(32)33-17-25(30)29-24-12-8-7-11-23(24)26(31)28-19(3)21-9-5-4-6-10-21/h4-16,18-19H,17H2,1-3H3,(H,28,31)(H,29,30)/t19-/m1/s1. The van der Waals surface area contributed by atoms with Crippen LogP contribution in [0, 0.1) is 0 Å². The summed E-state index contributed by atoms with van der Waals surface area (Å²) in [5.74, 6) is -1.07. The average Bonchev–Trinajstić information content (AvgIpc) is 2.83. The van der Waals surface area contributed by atoms with E-state index in [1.165, 1.54) is 0 Å². The van der Waals surface area contributed by atoms with E-state index in [1.807, 2.05) is 49.4 Å². The Balaban J connectivity index is 1.59. The third-order valence-corrected chi connectivity index (χ3v) is 5.24. The van der Waals surface area contributed by atoms with Crippen LogP contribution < -0.4 is 10.6 Å². The van der Waals surface area contributed by atoms with Crippen LogP contribution >= 0.6 is 0 Å². The highest BCUT2D eigenvalue weighted by atomic mass is 16.5. The number of hydrogen-bond donors (Lipinski definition) is 2. The van der Waals surface area contributed by atoms with E-state index >= 15 is 0 Å². The molecule has 0 aliphatic heterocycles. The van der Waals surface area contributed by atoms with Crippen molar-refractivity contribution < 1.29 is 19.1 Å². The summed E-state index contributed by atoms with van der Waals surface area (Å²) in [5, 5.41) is 5.59. The number of nitrogens with one attached hydrogen (secondary N) is 2. The van der Waals surface area contributed by atoms with Gasteiger partial charge in [-0.25, -0.2) is 4.79 Å². The van der Waals surface area contributed by atoms with Crippen LogP contribution in [0.4, 0.5) is 5.69 Å². The zero-order valence-corrected chi connectivity index (χ0v) is 19.0. The smallest absolute Gasteiger partial charge is 0.338 e. The van der Waals surface area contributed by atoms with Crippen LogP contribution in [0.1, 0.15) is 64.6 Å². The molecule has 6 heteroatoms. The first kappa shape index (κ1) is 23.7. The lowest BCUT2D eigenvalue weighted by Crippen LogP contribution is -2.28. The Morgan fingerprint density at radius 3 is 2.09 bits per heavy atom. The van der Waals surface area contributed by atoms with Crippen LogP contribution in [0.2, 0.25) is 0 Å². The summed E-state index contributed by atoms with van der Waals surface area (Å²) in [6.45, 7) is 5.57. The largest absolute Gasteiger partial charge is 0.452 e. The molecule has 3 aromatic carbocycles. The van der Waals surface area contributed by atoms with Gasteiger partial charge in [0.2, 0.25) is 0 Å². The summed E-state index contributed by atoms with van der Waals surface area (Å²) in [6.07, 6.45) is 0. The molecular weight excluding hydrogens is 416 g/mol. The third kappa shape index (κ3) is 6.53. The Kier molecular flexibility index (Phi) is 7.97. The van der Waals surface area contributed by atoms with Crippen molar-refractivity contribution in [3.05, 3.63) is 101 Å². The lowest BCUT2D eigenvalue weighted by atomic mass is 10.0. The van der Waals surface area contributed by atoms with Crippen LogP contribution in [0.3, 0.4) is 0 Å². The van der Waals surface area contributed by atoms with Crippen molar-refractivity contribution in [3.8, 4) is 0 Å². The van der Waals surface area contributed by atoms with Crippen molar-refractivity contribution in [1.29, 1.82) is 0 Å². The summed E-state index contributed by atoms with van der Waals surface area (Å²) in [5.41, 5.74) is 3.13. The lowest BCUT2D eigenvalue weighted by molar-refractivity contribution is -0.119. The third-order valence-electron chi connectivity index (χ3n) is 5.24. The number of hydrogen-bond acceptors (Lipinski definition) is 4. The molecule has 0 heterocycles. The van der Waals surface area contributed by atoms with Gasteiger partial charge in [0.25, 0.3) is 11.8 Å². The molecule has 1 atom stereocenters. The lowest BCUT2D eigenvalue weighted by Gasteiger charge is -2.16. The van der Waals surface area contributed by atoms with Gasteiger partial charge in [-0.3, -0.25) is 9.59 Å². The topological polar surface area (TPSA) is 84.5 Å². The van der Waals surface area contributed by atoms with E-state index in [0.717, 1.165) is 11.1 Å². The fourth-order valence-corrected chi connectivity index (χ4v) is 3.29. The predicted molar refractivity (Wildman–Crippen MR) is 128 cm³/mol. The molecule has 0 aromatic heterocycles. The average molecular weight is 445 g/mol. The second-order valence-electron chi connectivity index (χ2n) is 8.05. The number of esters is 1. The van der Waals surface area contributed by atoms with Gasteiger partial charge < -0.3 is 15.4 Å². The molecule has 0 saturated carbocycles. The van der Waals surface area contributed by atoms with Crippen molar-refractivity contribution in [3.63, 3.8) is 0 Å². The number of carbonyl (C=O) groups is 3. The summed E-state index contributed by atoms with van der Waals surface area (Å²) in [4.78, 5) is 37.4. The summed E-state index contributed by atoms with van der Waals surface area (Å²) in [6, 6.07) is 23.2. The first-order valence-corrected chi connectivity index (χ1v) is 10.9. The number of rotatable bonds is 8. The van der Waals surface area contributed by atoms with Crippen molar-refractivity contribution in [2.24, 2.45) is 0 Å². The molecule has 170 valence electrons. The van der Waals surface area contributed by atoms with Crippen molar-refractivity contribution in [2.75, 3.05) is 11.9 Å². The molecular formula is C27H28N2O4. The Morgan fingerprint density at radius 1 is 0.788 bits per heavy atom. The highest BCUT2D eigenvalue weighted by molar-refractivity contribution is 6.04. The molecule has 0 bridgehead atoms. The molecule has 0 fully saturated rings. The zero-order valence-electron chi connectivity index (χ0n) is 19.0. The molecule has 33 heavy (non-hydrogen) atoms. The van der Waals surface area contributed by atoms with Crippen molar-refractivity contribution in [1.82, 2.24) is 5.32 Å². The van der Waals surface area contributed by atoms with Crippen LogP contribution in [0.15, 0.2) is 78.9 Å². The Labute approximate surface area is 194 Å². The number of carbonyl (C=O) groups excluding carboxylic acids is 3. The van der Waals surface area contributed by atoms with Gasteiger partial charge in [0.1, 0.15) is 0 Å². The van der Waals surface area contributed by atoms with E-state index in [4.69, 9.17) is 4.74 Å². The first-order valence-electron chi connectivity index (χ1n) is 10.9. The SMILES string of the molecule is CC(C)c1ccc(C(=O)OCC(=O)Nc2ccccc2C(=O)N[C@H](C)c2ccccc2)cc1. The van der Waals surface area contributed by atoms with E-state index in [1.54, 1.807) is 36.4 Å². The Bertz CT molecular complexity index is 1110. The fourth-order valence-electron chi connectivity index (χ4n) is 3.29. The maximum Gasteiger partial charge on any atom is 0.338 e. The molecule has 3 aromatic rings. The predicted octanol–water partition coefficient (Wildman–Crippen LogP) is 5.10. The second kappa shape index (κ2) is 11.1. The highest BCUT2D eigenvalue weighted by Crippen LogP contribution is 2.18. The maximum atomic E-state index is 12.8. The normalized spacial score (nSPS) is 11.5. The van der Waals surface area contributed by atoms with Crippen LogP contribution in [0.25, 0.3) is 0 Å². The molecule has 6 nitrogen and oxygen atoms in total. The summed E-state index contributed by atoms with van der Waals surface area (Å²) >= 11 is 0. The minimum absolute atomic E-state index is 0.203. The van der Waals surface area contributed by atoms with Gasteiger partial charge in [-0.05, 0) is 48.2 Å². The Hall–Kier alpha value is -3.93. The molecule has 0 radical (unpaired) electrons. The molecule has 0 aliphatic carbocycles. The van der Waals surface area contributed by atoms with Crippen LogP contribution in [-0.2, 0) is 9.53 Å². The van der Waals surface area contributed by atoms with Crippen molar-refractivity contribution >= 4 is 23.5 Å². The molecule has 3 rings (SSSR count). The minimum atomic E-state index is -0.580. The number of ether oxygens (including phenoxy) is 1. The monoisotopic (exact) mass is 444 g/mol. The summed E-state index contributed by atoms with van der Waals surface area (Å²) in [7, 11) is 0. The van der Waals surface area contributed by atoms with E-state index in [2.05, 4.69) is 24.5 Å². The summed E-state index contributed by atoms with van der Waals surface area (Å²) < 4.78 is 5.13. The molecule has 0 spiro atoms. The number of para-hydroxylation sites is 1. The van der Waals surface area contributed by atoms with Gasteiger partial charge >= 0.3 is 5.97 Å². The van der Waals surface area contributed by atoms with Crippen molar-refractivity contribution in [2.45, 2.75) is 32.7 Å². The maximum absolute atomic E-state index is 12.8. The van der Waals surface area contributed by atoms with E-state index in [-0.39, 0.29) is 11.9 Å². The number of amides is 2. The molecule has 0 saturated heterocycles. The number of anilines is 1. The Morgan fingerprint density at radius 2 is 1.42 bits per heavy atom. The molecule has 0 unspecified atom stereocenters. The highest BCUT2D eigenvalue weighted by Gasteiger charge is 2.17. The molecule has 2 amide bonds. The van der Waals surface area contributed by atoms with Crippen LogP contribution in [0.5, 0.6) is 0 Å². The fraction of sp³-hybridized carbons (Fsp3) is 0.222. The van der Waals surface area contributed by atoms with Gasteiger partial charge in [0, 0.05) is 0 Å². The minimum Gasteiger partial charge on any atom is -0.452 e. The van der Waals surface area contributed by atoms with Gasteiger partial charge in [-0.2, -0.15) is 0 Å². The first-order chi connectivity index (χ1) is 15.8. The molecule has 2 N–H and O–H groups in total. The second-order valence-corrected chi connectivity index (χ2v) is 8.05. The quantitative estimate of drug-likeness (QED) is 0.474. The number of benzene rings is 3. The van der Waals surface area contributed by atoms with E-state index in [9.17, 15) is 14.4 Å². The van der Waals surface area contributed by atoms with Gasteiger partial charge in [0.15, 0.2) is 6.61 Å². The zero-order chi connectivity index (χ0) is 23.8. The van der Waals surface area contributed by atoms with Gasteiger partial charge in [-0.1, -0.05) is 68.4 Å². The van der Waals surface area contributed by atoms with Crippen LogP contribution in [-0.4, -0.2) is 24.4 Å². The van der Waals surface area contributed by atoms with Gasteiger partial charge in [-0.15, -0.1) is 0 Å². The van der Waals surface area contributed by atoms with E-state index in [0.29, 0.717) is 22.7 Å². The molecule has 0 aliphatic rings. The van der Waals surface area contributed by atoms with E-state index < -0.39 is 18.5 Å². The van der Waals surface area contributed by atoms with Gasteiger partial charge in [0.05, 0.1) is 22.9 Å².